The third-order valence-corrected chi connectivity index (χ3v) is 12.0. The molecule has 0 unspecified atom stereocenters. The Bertz CT molecular complexity index is 2930. The molecule has 11 rings (SSSR count). The van der Waals surface area contributed by atoms with E-state index in [4.69, 9.17) is 10.2 Å². The van der Waals surface area contributed by atoms with Crippen molar-refractivity contribution in [1.82, 2.24) is 14.6 Å². The van der Waals surface area contributed by atoms with Gasteiger partial charge >= 0.3 is 0 Å². The maximum absolute atomic E-state index is 4.80. The number of hydrogen-bond donors (Lipinski definition) is 0. The van der Waals surface area contributed by atoms with Crippen molar-refractivity contribution in [3.8, 4) is 33.6 Å². The molecule has 3 heterocycles. The Labute approximate surface area is 298 Å². The highest BCUT2D eigenvalue weighted by Gasteiger charge is 2.46. The molecular formula is C47H29N3S. The average molecular weight is 668 g/mol. The van der Waals surface area contributed by atoms with Crippen molar-refractivity contribution >= 4 is 47.9 Å². The van der Waals surface area contributed by atoms with Crippen LogP contribution in [0.15, 0.2) is 176 Å². The van der Waals surface area contributed by atoms with Crippen LogP contribution in [0.1, 0.15) is 22.3 Å². The van der Waals surface area contributed by atoms with Crippen molar-refractivity contribution < 1.29 is 0 Å². The number of hydrogen-bond acceptors (Lipinski definition) is 3. The first kappa shape index (κ1) is 28.5. The van der Waals surface area contributed by atoms with Gasteiger partial charge in [-0.1, -0.05) is 146 Å². The monoisotopic (exact) mass is 667 g/mol. The van der Waals surface area contributed by atoms with Gasteiger partial charge in [-0.3, -0.25) is 4.40 Å². The van der Waals surface area contributed by atoms with E-state index >= 15 is 0 Å². The van der Waals surface area contributed by atoms with Gasteiger partial charge in [0.25, 0.3) is 0 Å². The molecule has 3 nitrogen and oxygen atoms in total. The van der Waals surface area contributed by atoms with Crippen molar-refractivity contribution in [2.75, 3.05) is 0 Å². The molecule has 1 aliphatic rings. The van der Waals surface area contributed by atoms with E-state index in [9.17, 15) is 0 Å². The molecule has 0 bridgehead atoms. The van der Waals surface area contributed by atoms with Gasteiger partial charge in [0.1, 0.15) is 0 Å². The maximum Gasteiger partial charge on any atom is 0.168 e. The fourth-order valence-electron chi connectivity index (χ4n) is 8.58. The van der Waals surface area contributed by atoms with E-state index in [-0.39, 0.29) is 0 Å². The van der Waals surface area contributed by atoms with Crippen molar-refractivity contribution in [2.45, 2.75) is 5.41 Å². The van der Waals surface area contributed by atoms with Gasteiger partial charge in [-0.15, -0.1) is 21.5 Å². The second-order valence-electron chi connectivity index (χ2n) is 13.4. The van der Waals surface area contributed by atoms with Gasteiger partial charge in [-0.25, -0.2) is 0 Å². The zero-order valence-corrected chi connectivity index (χ0v) is 28.3. The van der Waals surface area contributed by atoms with E-state index < -0.39 is 5.41 Å². The fraction of sp³-hybridized carbons (Fsp3) is 0.0213. The molecule has 0 fully saturated rings. The van der Waals surface area contributed by atoms with Crippen LogP contribution in [0.3, 0.4) is 0 Å². The van der Waals surface area contributed by atoms with Crippen molar-refractivity contribution in [3.05, 3.63) is 198 Å². The van der Waals surface area contributed by atoms with Gasteiger partial charge in [-0.05, 0) is 74.2 Å². The number of aromatic nitrogens is 3. The van der Waals surface area contributed by atoms with Crippen LogP contribution in [0.2, 0.25) is 0 Å². The van der Waals surface area contributed by atoms with Crippen molar-refractivity contribution in [1.29, 1.82) is 0 Å². The van der Waals surface area contributed by atoms with Gasteiger partial charge < -0.3 is 0 Å². The number of rotatable bonds is 4. The highest BCUT2D eigenvalue weighted by molar-refractivity contribution is 7.26. The Balaban J connectivity index is 1.19. The molecule has 0 spiro atoms. The minimum atomic E-state index is -0.555. The molecule has 0 amide bonds. The molecule has 0 saturated heterocycles. The highest BCUT2D eigenvalue weighted by Crippen LogP contribution is 2.57. The summed E-state index contributed by atoms with van der Waals surface area (Å²) in [7, 11) is 0. The van der Waals surface area contributed by atoms with E-state index in [1.54, 1.807) is 0 Å². The summed E-state index contributed by atoms with van der Waals surface area (Å²) in [5.74, 6) is 0.835. The Morgan fingerprint density at radius 2 is 1.10 bits per heavy atom. The van der Waals surface area contributed by atoms with Crippen LogP contribution in [-0.2, 0) is 5.41 Å². The van der Waals surface area contributed by atoms with E-state index in [0.29, 0.717) is 0 Å². The molecule has 0 aliphatic heterocycles. The van der Waals surface area contributed by atoms with E-state index in [2.05, 4.69) is 180 Å². The lowest BCUT2D eigenvalue weighted by Gasteiger charge is -2.34. The average Bonchev–Trinajstić information content (AvgIpc) is 3.89. The Hall–Kier alpha value is -6.36. The zero-order chi connectivity index (χ0) is 33.5. The van der Waals surface area contributed by atoms with Gasteiger partial charge in [0.2, 0.25) is 0 Å². The summed E-state index contributed by atoms with van der Waals surface area (Å²) in [5.41, 5.74) is 11.4. The molecule has 51 heavy (non-hydrogen) atoms. The third-order valence-electron chi connectivity index (χ3n) is 10.8. The SMILES string of the molecule is c1ccc(C2(c3ccccc3)c3cc(-c4cccc5c4sc4ccccc45)ccc3-c3ccc(-c4nnc5c6ccccc6ccn45)cc32)cc1. The molecular weight excluding hydrogens is 639 g/mol. The summed E-state index contributed by atoms with van der Waals surface area (Å²) in [4.78, 5) is 0. The Kier molecular flexibility index (Phi) is 6.04. The first-order valence-electron chi connectivity index (χ1n) is 17.3. The summed E-state index contributed by atoms with van der Waals surface area (Å²) in [6, 6.07) is 62.1. The minimum absolute atomic E-state index is 0.555. The number of benzene rings is 7. The van der Waals surface area contributed by atoms with Crippen LogP contribution in [0.4, 0.5) is 0 Å². The lowest BCUT2D eigenvalue weighted by molar-refractivity contribution is 0.769. The summed E-state index contributed by atoms with van der Waals surface area (Å²) in [5, 5.41) is 14.4. The first-order chi connectivity index (χ1) is 25.3. The van der Waals surface area contributed by atoms with Gasteiger partial charge in [0, 0.05) is 37.3 Å². The van der Waals surface area contributed by atoms with Gasteiger partial charge in [0.05, 0.1) is 5.41 Å². The molecule has 4 heteroatoms. The topological polar surface area (TPSA) is 30.2 Å². The molecule has 238 valence electrons. The highest BCUT2D eigenvalue weighted by atomic mass is 32.1. The fourth-order valence-corrected chi connectivity index (χ4v) is 9.82. The van der Waals surface area contributed by atoms with Crippen molar-refractivity contribution in [3.63, 3.8) is 0 Å². The zero-order valence-electron chi connectivity index (χ0n) is 27.5. The molecule has 0 saturated carbocycles. The second-order valence-corrected chi connectivity index (χ2v) is 14.5. The number of nitrogens with zero attached hydrogens (tertiary/aromatic N) is 3. The lowest BCUT2D eigenvalue weighted by atomic mass is 9.67. The largest absolute Gasteiger partial charge is 0.282 e. The van der Waals surface area contributed by atoms with E-state index in [0.717, 1.165) is 27.8 Å². The molecule has 10 aromatic rings. The number of thiophene rings is 1. The second kappa shape index (κ2) is 10.8. The first-order valence-corrected chi connectivity index (χ1v) is 18.1. The summed E-state index contributed by atoms with van der Waals surface area (Å²) < 4.78 is 4.77. The summed E-state index contributed by atoms with van der Waals surface area (Å²) in [6.07, 6.45) is 2.09. The quantitative estimate of drug-likeness (QED) is 0.187. The molecule has 0 radical (unpaired) electrons. The van der Waals surface area contributed by atoms with Crippen LogP contribution < -0.4 is 0 Å². The Morgan fingerprint density at radius 1 is 0.471 bits per heavy atom. The van der Waals surface area contributed by atoms with Crippen molar-refractivity contribution in [2.24, 2.45) is 0 Å². The lowest BCUT2D eigenvalue weighted by Crippen LogP contribution is -2.28. The van der Waals surface area contributed by atoms with E-state index in [1.807, 2.05) is 11.3 Å². The summed E-state index contributed by atoms with van der Waals surface area (Å²) >= 11 is 1.88. The molecule has 0 atom stereocenters. The number of pyridine rings is 1. The van der Waals surface area contributed by atoms with Crippen LogP contribution in [-0.4, -0.2) is 14.6 Å². The molecule has 3 aromatic heterocycles. The van der Waals surface area contributed by atoms with Crippen LogP contribution >= 0.6 is 11.3 Å². The molecule has 7 aromatic carbocycles. The van der Waals surface area contributed by atoms with Gasteiger partial charge in [0.15, 0.2) is 11.5 Å². The summed E-state index contributed by atoms with van der Waals surface area (Å²) in [6.45, 7) is 0. The van der Waals surface area contributed by atoms with Crippen LogP contribution in [0.5, 0.6) is 0 Å². The standard InChI is InChI=1S/C47H29N3S/c1-3-13-33(14-4-1)47(34-15-5-2-6-16-34)41-28-31(35-19-11-20-40-39-18-9-10-21-43(39)51-44(35)40)22-24-37(41)38-25-23-32(29-42(38)47)45-48-49-46-36-17-8-7-12-30(36)26-27-50(45)46/h1-29H. The third kappa shape index (κ3) is 3.99. The van der Waals surface area contributed by atoms with Crippen LogP contribution in [0, 0.1) is 0 Å². The normalized spacial score (nSPS) is 13.3. The molecule has 0 N–H and O–H groups in total. The predicted octanol–water partition coefficient (Wildman–Crippen LogP) is 11.9. The maximum atomic E-state index is 4.80. The Morgan fingerprint density at radius 3 is 1.86 bits per heavy atom. The number of fused-ring (bicyclic) bond motifs is 9. The smallest absolute Gasteiger partial charge is 0.168 e. The van der Waals surface area contributed by atoms with Crippen LogP contribution in [0.25, 0.3) is 70.2 Å². The predicted molar refractivity (Wildman–Crippen MR) is 212 cm³/mol. The van der Waals surface area contributed by atoms with Gasteiger partial charge in [-0.2, -0.15) is 0 Å². The van der Waals surface area contributed by atoms with E-state index in [1.165, 1.54) is 64.7 Å². The molecule has 1 aliphatic carbocycles. The minimum Gasteiger partial charge on any atom is -0.282 e.